The number of benzene rings is 1. The summed E-state index contributed by atoms with van der Waals surface area (Å²) in [6, 6.07) is 6.75. The van der Waals surface area contributed by atoms with Crippen molar-refractivity contribution in [1.29, 1.82) is 0 Å². The Labute approximate surface area is 110 Å². The first kappa shape index (κ1) is 13.1. The molecule has 0 radical (unpaired) electrons. The predicted molar refractivity (Wildman–Crippen MR) is 70.8 cm³/mol. The Hall–Kier alpha value is -2.34. The van der Waals surface area contributed by atoms with Crippen molar-refractivity contribution >= 4 is 17.3 Å². The Morgan fingerprint density at radius 3 is 3.00 bits per heavy atom. The molecule has 0 atom stereocenters. The number of hydrogen-bond donors (Lipinski definition) is 2. The third-order valence-corrected chi connectivity index (χ3v) is 2.59. The van der Waals surface area contributed by atoms with E-state index < -0.39 is 5.97 Å². The molecule has 100 valence electrons. The van der Waals surface area contributed by atoms with Gasteiger partial charge in [0.05, 0.1) is 36.3 Å². The molecule has 0 unspecified atom stereocenters. The van der Waals surface area contributed by atoms with Gasteiger partial charge in [-0.1, -0.05) is 12.1 Å². The van der Waals surface area contributed by atoms with Gasteiger partial charge < -0.3 is 15.2 Å². The first-order valence-electron chi connectivity index (χ1n) is 5.81. The topological polar surface area (TPSA) is 76.4 Å². The van der Waals surface area contributed by atoms with E-state index in [1.165, 1.54) is 0 Å². The van der Waals surface area contributed by atoms with E-state index in [1.54, 1.807) is 48.5 Å². The molecule has 0 fully saturated rings. The number of nitrogens with one attached hydrogen (secondary N) is 1. The number of methoxy groups -OCH3 is 1. The Balaban J connectivity index is 2.13. The summed E-state index contributed by atoms with van der Waals surface area (Å²) in [5.74, 6) is -0.963. The lowest BCUT2D eigenvalue weighted by Crippen LogP contribution is -2.04. The van der Waals surface area contributed by atoms with E-state index in [1.807, 2.05) is 0 Å². The van der Waals surface area contributed by atoms with Crippen LogP contribution in [0.25, 0.3) is 0 Å². The van der Waals surface area contributed by atoms with Crippen LogP contribution in [0.4, 0.5) is 11.4 Å². The Bertz CT molecular complexity index is 566. The second-order valence-electron chi connectivity index (χ2n) is 3.96. The number of hydrogen-bond acceptors (Lipinski definition) is 4. The van der Waals surface area contributed by atoms with Crippen molar-refractivity contribution in [2.75, 3.05) is 19.0 Å². The van der Waals surface area contributed by atoms with Crippen LogP contribution in [0.15, 0.2) is 36.7 Å². The van der Waals surface area contributed by atoms with Crippen LogP contribution < -0.4 is 5.32 Å². The number of carboxylic acids is 1. The molecule has 0 spiro atoms. The van der Waals surface area contributed by atoms with E-state index in [2.05, 4.69) is 10.4 Å². The molecule has 1 heterocycles. The molecule has 0 aliphatic carbocycles. The van der Waals surface area contributed by atoms with Crippen LogP contribution >= 0.6 is 0 Å². The highest BCUT2D eigenvalue weighted by Gasteiger charge is 2.09. The zero-order valence-electron chi connectivity index (χ0n) is 10.5. The molecule has 0 bridgehead atoms. The van der Waals surface area contributed by atoms with Gasteiger partial charge in [-0.2, -0.15) is 5.10 Å². The van der Waals surface area contributed by atoms with Gasteiger partial charge in [0.25, 0.3) is 0 Å². The third-order valence-electron chi connectivity index (χ3n) is 2.59. The van der Waals surface area contributed by atoms with Crippen LogP contribution in [0.2, 0.25) is 0 Å². The van der Waals surface area contributed by atoms with Crippen LogP contribution in [-0.4, -0.2) is 34.6 Å². The normalized spacial score (nSPS) is 10.4. The van der Waals surface area contributed by atoms with Crippen molar-refractivity contribution in [2.45, 2.75) is 6.54 Å². The fourth-order valence-corrected chi connectivity index (χ4v) is 1.67. The Kier molecular flexibility index (Phi) is 4.15. The number of aromatic nitrogens is 2. The second kappa shape index (κ2) is 6.01. The molecular weight excluding hydrogens is 246 g/mol. The van der Waals surface area contributed by atoms with E-state index >= 15 is 0 Å². The SMILES string of the molecule is COCCn1cc(Nc2ccccc2C(=O)O)cn1. The van der Waals surface area contributed by atoms with Crippen molar-refractivity contribution in [2.24, 2.45) is 0 Å². The molecule has 2 rings (SSSR count). The van der Waals surface area contributed by atoms with Crippen molar-refractivity contribution in [3.63, 3.8) is 0 Å². The van der Waals surface area contributed by atoms with Gasteiger partial charge in [0, 0.05) is 13.3 Å². The molecule has 0 aliphatic heterocycles. The van der Waals surface area contributed by atoms with Crippen molar-refractivity contribution in [3.8, 4) is 0 Å². The van der Waals surface area contributed by atoms with Crippen molar-refractivity contribution < 1.29 is 14.6 Å². The van der Waals surface area contributed by atoms with Crippen LogP contribution in [0, 0.1) is 0 Å². The molecule has 1 aromatic heterocycles. The van der Waals surface area contributed by atoms with E-state index in [0.717, 1.165) is 5.69 Å². The molecular formula is C13H15N3O3. The summed E-state index contributed by atoms with van der Waals surface area (Å²) in [7, 11) is 1.63. The van der Waals surface area contributed by atoms with E-state index in [4.69, 9.17) is 9.84 Å². The van der Waals surface area contributed by atoms with Gasteiger partial charge in [-0.3, -0.25) is 4.68 Å². The maximum Gasteiger partial charge on any atom is 0.337 e. The molecule has 0 amide bonds. The van der Waals surface area contributed by atoms with Crippen LogP contribution in [0.5, 0.6) is 0 Å². The monoisotopic (exact) mass is 261 g/mol. The summed E-state index contributed by atoms with van der Waals surface area (Å²) in [5.41, 5.74) is 1.51. The molecule has 2 aromatic rings. The Morgan fingerprint density at radius 2 is 2.26 bits per heavy atom. The first-order valence-corrected chi connectivity index (χ1v) is 5.81. The van der Waals surface area contributed by atoms with Gasteiger partial charge in [0.1, 0.15) is 0 Å². The third kappa shape index (κ3) is 3.32. The number of nitrogens with zero attached hydrogens (tertiary/aromatic N) is 2. The van der Waals surface area contributed by atoms with Gasteiger partial charge in [0.2, 0.25) is 0 Å². The van der Waals surface area contributed by atoms with Gasteiger partial charge in [-0.15, -0.1) is 0 Å². The second-order valence-corrected chi connectivity index (χ2v) is 3.96. The number of carbonyl (C=O) groups is 1. The number of anilines is 2. The quantitative estimate of drug-likeness (QED) is 0.831. The first-order chi connectivity index (χ1) is 9.20. The lowest BCUT2D eigenvalue weighted by Gasteiger charge is -2.06. The molecule has 1 aromatic carbocycles. The standard InChI is InChI=1S/C13H15N3O3/c1-19-7-6-16-9-10(8-14-16)15-12-5-3-2-4-11(12)13(17)18/h2-5,8-9,15H,6-7H2,1H3,(H,17,18). The zero-order valence-corrected chi connectivity index (χ0v) is 10.5. The minimum atomic E-state index is -0.963. The lowest BCUT2D eigenvalue weighted by molar-refractivity contribution is 0.0698. The van der Waals surface area contributed by atoms with Crippen molar-refractivity contribution in [1.82, 2.24) is 9.78 Å². The average molecular weight is 261 g/mol. The van der Waals surface area contributed by atoms with Gasteiger partial charge in [0.15, 0.2) is 0 Å². The Morgan fingerprint density at radius 1 is 1.47 bits per heavy atom. The molecule has 0 aliphatic rings. The maximum atomic E-state index is 11.1. The van der Waals surface area contributed by atoms with Gasteiger partial charge in [-0.05, 0) is 12.1 Å². The zero-order chi connectivity index (χ0) is 13.7. The number of ether oxygens (including phenoxy) is 1. The molecule has 0 saturated carbocycles. The van der Waals surface area contributed by atoms with Gasteiger partial charge >= 0.3 is 5.97 Å². The molecule has 0 saturated heterocycles. The number of rotatable bonds is 6. The summed E-state index contributed by atoms with van der Waals surface area (Å²) < 4.78 is 6.70. The summed E-state index contributed by atoms with van der Waals surface area (Å²) in [5, 5.41) is 16.3. The summed E-state index contributed by atoms with van der Waals surface area (Å²) >= 11 is 0. The minimum absolute atomic E-state index is 0.229. The van der Waals surface area contributed by atoms with E-state index in [-0.39, 0.29) is 5.56 Å². The average Bonchev–Trinajstić information content (AvgIpc) is 2.84. The summed E-state index contributed by atoms with van der Waals surface area (Å²) in [6.07, 6.45) is 3.45. The predicted octanol–water partition coefficient (Wildman–Crippen LogP) is 1.97. The van der Waals surface area contributed by atoms with Crippen LogP contribution in [-0.2, 0) is 11.3 Å². The fraction of sp³-hybridized carbons (Fsp3) is 0.231. The maximum absolute atomic E-state index is 11.1. The van der Waals surface area contributed by atoms with E-state index in [9.17, 15) is 4.79 Å². The molecule has 19 heavy (non-hydrogen) atoms. The van der Waals surface area contributed by atoms with Gasteiger partial charge in [-0.25, -0.2) is 4.79 Å². The largest absolute Gasteiger partial charge is 0.478 e. The highest BCUT2D eigenvalue weighted by molar-refractivity contribution is 5.95. The minimum Gasteiger partial charge on any atom is -0.478 e. The smallest absolute Gasteiger partial charge is 0.337 e. The highest BCUT2D eigenvalue weighted by atomic mass is 16.5. The van der Waals surface area contributed by atoms with E-state index in [0.29, 0.717) is 18.8 Å². The summed E-state index contributed by atoms with van der Waals surface area (Å²) in [6.45, 7) is 1.23. The number of carboxylic acid groups (broad SMARTS) is 1. The number of aromatic carboxylic acids is 1. The fourth-order valence-electron chi connectivity index (χ4n) is 1.67. The molecule has 6 nitrogen and oxygen atoms in total. The summed E-state index contributed by atoms with van der Waals surface area (Å²) in [4.78, 5) is 11.1. The van der Waals surface area contributed by atoms with Crippen molar-refractivity contribution in [3.05, 3.63) is 42.2 Å². The highest BCUT2D eigenvalue weighted by Crippen LogP contribution is 2.20. The number of para-hydroxylation sites is 1. The van der Waals surface area contributed by atoms with Crippen LogP contribution in [0.1, 0.15) is 10.4 Å². The molecule has 2 N–H and O–H groups in total. The van der Waals surface area contributed by atoms with Crippen LogP contribution in [0.3, 0.4) is 0 Å². The molecule has 6 heteroatoms. The lowest BCUT2D eigenvalue weighted by atomic mass is 10.2.